The Morgan fingerprint density at radius 2 is 1.56 bits per heavy atom. The zero-order valence-electron chi connectivity index (χ0n) is 22.1. The first-order valence-corrected chi connectivity index (χ1v) is 13.7. The third-order valence-corrected chi connectivity index (χ3v) is 13.4. The zero-order chi connectivity index (χ0) is 23.3. The van der Waals surface area contributed by atoms with E-state index in [0.29, 0.717) is 27.6 Å². The van der Waals surface area contributed by atoms with Crippen LogP contribution >= 0.6 is 0 Å². The molecule has 0 bridgehead atoms. The van der Waals surface area contributed by atoms with Gasteiger partial charge < -0.3 is 5.21 Å². The molecule has 9 atom stereocenters. The maximum Gasteiger partial charge on any atom is 0.0630 e. The Morgan fingerprint density at radius 3 is 2.22 bits per heavy atom. The lowest BCUT2D eigenvalue weighted by atomic mass is 9.32. The molecule has 0 amide bonds. The molecule has 0 radical (unpaired) electrons. The average molecular weight is 440 g/mol. The van der Waals surface area contributed by atoms with E-state index in [-0.39, 0.29) is 5.41 Å². The molecule has 0 saturated heterocycles. The number of nitrogens with zero attached hydrogens (tertiary/aromatic N) is 1. The van der Waals surface area contributed by atoms with E-state index >= 15 is 0 Å². The highest BCUT2D eigenvalue weighted by atomic mass is 16.4. The number of fused-ring (bicyclic) bond motifs is 7. The lowest BCUT2D eigenvalue weighted by Gasteiger charge is -2.72. The predicted octanol–water partition coefficient (Wildman–Crippen LogP) is 8.49. The molecule has 2 nitrogen and oxygen atoms in total. The highest BCUT2D eigenvalue weighted by Gasteiger charge is 2.70. The van der Waals surface area contributed by atoms with Gasteiger partial charge in [0.05, 0.1) is 5.71 Å². The van der Waals surface area contributed by atoms with Gasteiger partial charge in [0.25, 0.3) is 0 Å². The largest absolute Gasteiger partial charge is 0.411 e. The van der Waals surface area contributed by atoms with Gasteiger partial charge in [-0.3, -0.25) is 0 Å². The second-order valence-corrected chi connectivity index (χ2v) is 14.6. The summed E-state index contributed by atoms with van der Waals surface area (Å²) in [5, 5.41) is 13.5. The van der Waals surface area contributed by atoms with E-state index in [1.165, 1.54) is 63.4 Å². The Balaban J connectivity index is 1.54. The van der Waals surface area contributed by atoms with Crippen molar-refractivity contribution in [1.82, 2.24) is 0 Å². The smallest absolute Gasteiger partial charge is 0.0630 e. The van der Waals surface area contributed by atoms with Gasteiger partial charge in [-0.1, -0.05) is 58.9 Å². The summed E-state index contributed by atoms with van der Waals surface area (Å²) in [4.78, 5) is 0. The average Bonchev–Trinajstić information content (AvgIpc) is 3.06. The number of hydrogen-bond acceptors (Lipinski definition) is 2. The summed E-state index contributed by atoms with van der Waals surface area (Å²) in [6, 6.07) is 0. The number of rotatable bonds is 1. The molecule has 0 aromatic rings. The fourth-order valence-corrected chi connectivity index (χ4v) is 11.5. The minimum Gasteiger partial charge on any atom is -0.411 e. The second-order valence-electron chi connectivity index (χ2n) is 14.6. The summed E-state index contributed by atoms with van der Waals surface area (Å²) >= 11 is 0. The van der Waals surface area contributed by atoms with Crippen molar-refractivity contribution in [1.29, 1.82) is 0 Å². The summed E-state index contributed by atoms with van der Waals surface area (Å²) in [6.07, 6.45) is 13.3. The molecule has 180 valence electrons. The van der Waals surface area contributed by atoms with Crippen molar-refractivity contribution < 1.29 is 5.21 Å². The first-order chi connectivity index (χ1) is 14.8. The van der Waals surface area contributed by atoms with Crippen molar-refractivity contribution in [2.24, 2.45) is 61.8 Å². The van der Waals surface area contributed by atoms with Crippen LogP contribution in [0.3, 0.4) is 0 Å². The fourth-order valence-electron chi connectivity index (χ4n) is 11.5. The van der Waals surface area contributed by atoms with Gasteiger partial charge in [0.1, 0.15) is 0 Å². The molecule has 5 rings (SSSR count). The molecule has 5 aliphatic carbocycles. The molecule has 2 heteroatoms. The Bertz CT molecular complexity index is 842. The van der Waals surface area contributed by atoms with Gasteiger partial charge in [-0.2, -0.15) is 0 Å². The van der Waals surface area contributed by atoms with Gasteiger partial charge in [-0.05, 0) is 122 Å². The molecule has 0 heterocycles. The van der Waals surface area contributed by atoms with Gasteiger partial charge in [-0.15, -0.1) is 0 Å². The van der Waals surface area contributed by atoms with Crippen molar-refractivity contribution in [2.75, 3.05) is 0 Å². The van der Waals surface area contributed by atoms with E-state index in [1.54, 1.807) is 0 Å². The SMILES string of the molecule is C=C(C)[C@@H]1CC[C@]2(C)CC[C@]3(C)[C@H](CC[C@@H]4[C@@]5(C)CC/C(=N\O)C(C)(C)[C@@H]5CC[C@]43C)[C@@H]12. The van der Waals surface area contributed by atoms with Crippen LogP contribution < -0.4 is 0 Å². The minimum atomic E-state index is 0.0163. The first-order valence-electron chi connectivity index (χ1n) is 13.7. The van der Waals surface area contributed by atoms with Crippen LogP contribution in [0.1, 0.15) is 113 Å². The monoisotopic (exact) mass is 439 g/mol. The fraction of sp³-hybridized carbons (Fsp3) is 0.900. The minimum absolute atomic E-state index is 0.0163. The summed E-state index contributed by atoms with van der Waals surface area (Å²) in [6.45, 7) is 22.2. The van der Waals surface area contributed by atoms with Crippen molar-refractivity contribution in [3.05, 3.63) is 12.2 Å². The summed E-state index contributed by atoms with van der Waals surface area (Å²) in [7, 11) is 0. The van der Waals surface area contributed by atoms with Crippen LogP contribution in [0.5, 0.6) is 0 Å². The normalized spacial score (nSPS) is 55.5. The van der Waals surface area contributed by atoms with E-state index in [4.69, 9.17) is 0 Å². The molecule has 0 unspecified atom stereocenters. The number of hydrogen-bond donors (Lipinski definition) is 1. The standard InChI is InChI=1S/C30H49NO/c1-19(2)20-11-14-27(5)17-18-29(7)21(25(20)27)9-10-23-28(6)15-13-24(31-32)26(3,4)22(28)12-16-30(23,29)8/h20-23,25,32H,1,9-18H2,2-8H3/b31-24+/t20-,21+,22-,23+,25+,27+,28-,29+,30+/m0/s1. The van der Waals surface area contributed by atoms with E-state index < -0.39 is 0 Å². The first kappa shape index (κ1) is 23.0. The topological polar surface area (TPSA) is 32.6 Å². The van der Waals surface area contributed by atoms with Gasteiger partial charge in [0.15, 0.2) is 0 Å². The molecule has 32 heavy (non-hydrogen) atoms. The molecule has 0 spiro atoms. The summed E-state index contributed by atoms with van der Waals surface area (Å²) < 4.78 is 0. The molecule has 5 aliphatic rings. The lowest BCUT2D eigenvalue weighted by Crippen LogP contribution is -2.66. The van der Waals surface area contributed by atoms with Crippen LogP contribution in [0, 0.1) is 56.7 Å². The van der Waals surface area contributed by atoms with Crippen molar-refractivity contribution in [3.63, 3.8) is 0 Å². The molecule has 5 saturated carbocycles. The summed E-state index contributed by atoms with van der Waals surface area (Å²) in [5.41, 5.74) is 4.29. The molecular weight excluding hydrogens is 390 g/mol. The third kappa shape index (κ3) is 2.62. The van der Waals surface area contributed by atoms with E-state index in [9.17, 15) is 5.21 Å². The zero-order valence-corrected chi connectivity index (χ0v) is 22.1. The van der Waals surface area contributed by atoms with Crippen LogP contribution in [0.4, 0.5) is 0 Å². The molecule has 0 aliphatic heterocycles. The summed E-state index contributed by atoms with van der Waals surface area (Å²) in [5.74, 6) is 3.88. The Hall–Kier alpha value is -0.790. The van der Waals surface area contributed by atoms with Crippen LogP contribution in [0.25, 0.3) is 0 Å². The molecule has 5 fully saturated rings. The van der Waals surface area contributed by atoms with Crippen LogP contribution in [-0.4, -0.2) is 10.9 Å². The van der Waals surface area contributed by atoms with E-state index in [2.05, 4.69) is 60.2 Å². The van der Waals surface area contributed by atoms with Crippen molar-refractivity contribution >= 4 is 5.71 Å². The lowest BCUT2D eigenvalue weighted by molar-refractivity contribution is -0.226. The van der Waals surface area contributed by atoms with Gasteiger partial charge >= 0.3 is 0 Å². The van der Waals surface area contributed by atoms with Gasteiger partial charge in [0.2, 0.25) is 0 Å². The third-order valence-electron chi connectivity index (χ3n) is 13.4. The highest BCUT2D eigenvalue weighted by molar-refractivity contribution is 5.90. The van der Waals surface area contributed by atoms with Crippen LogP contribution in [0.2, 0.25) is 0 Å². The molecule has 1 N–H and O–H groups in total. The van der Waals surface area contributed by atoms with E-state index in [1.807, 2.05) is 0 Å². The van der Waals surface area contributed by atoms with Crippen LogP contribution in [0.15, 0.2) is 17.3 Å². The number of allylic oxidation sites excluding steroid dienone is 1. The van der Waals surface area contributed by atoms with E-state index in [0.717, 1.165) is 35.8 Å². The quantitative estimate of drug-likeness (QED) is 0.248. The Kier molecular flexibility index (Phi) is 4.94. The molecule has 0 aromatic carbocycles. The molecule has 0 aromatic heterocycles. The van der Waals surface area contributed by atoms with Gasteiger partial charge in [0, 0.05) is 5.41 Å². The molecular formula is C30H49NO. The van der Waals surface area contributed by atoms with Crippen LogP contribution in [-0.2, 0) is 0 Å². The van der Waals surface area contributed by atoms with Gasteiger partial charge in [-0.25, -0.2) is 0 Å². The van der Waals surface area contributed by atoms with Crippen molar-refractivity contribution in [3.8, 4) is 0 Å². The number of oxime groups is 1. The second kappa shape index (κ2) is 6.88. The maximum absolute atomic E-state index is 9.74. The Labute approximate surface area is 197 Å². The maximum atomic E-state index is 9.74. The predicted molar refractivity (Wildman–Crippen MR) is 134 cm³/mol. The Morgan fingerprint density at radius 1 is 0.844 bits per heavy atom. The van der Waals surface area contributed by atoms with Crippen molar-refractivity contribution in [2.45, 2.75) is 113 Å². The highest BCUT2D eigenvalue weighted by Crippen LogP contribution is 2.77.